The van der Waals surface area contributed by atoms with Gasteiger partial charge in [-0.25, -0.2) is 4.98 Å². The van der Waals surface area contributed by atoms with Gasteiger partial charge in [-0.15, -0.1) is 0 Å². The predicted molar refractivity (Wildman–Crippen MR) is 104 cm³/mol. The molecule has 0 fully saturated rings. The minimum atomic E-state index is 0.601. The second kappa shape index (κ2) is 8.39. The smallest absolute Gasteiger partial charge is 0.119 e. The van der Waals surface area contributed by atoms with Crippen molar-refractivity contribution in [3.63, 3.8) is 0 Å². The molecule has 0 spiro atoms. The largest absolute Gasteiger partial charge is 0.494 e. The Hall–Kier alpha value is -2.00. The van der Waals surface area contributed by atoms with E-state index in [1.807, 2.05) is 24.3 Å². The summed E-state index contributed by atoms with van der Waals surface area (Å²) in [5.41, 5.74) is 2.33. The van der Waals surface area contributed by atoms with Crippen LogP contribution in [0.4, 0.5) is 0 Å². The van der Waals surface area contributed by atoms with E-state index in [1.165, 1.54) is 11.3 Å². The van der Waals surface area contributed by atoms with Crippen LogP contribution in [0.25, 0.3) is 11.0 Å². The fourth-order valence-electron chi connectivity index (χ4n) is 2.99. The number of fused-ring (bicyclic) bond motifs is 1. The van der Waals surface area contributed by atoms with Gasteiger partial charge in [0.1, 0.15) is 11.6 Å². The maximum atomic E-state index is 5.89. The van der Waals surface area contributed by atoms with E-state index < -0.39 is 0 Å². The number of benzene rings is 2. The molecule has 0 saturated carbocycles. The second-order valence-corrected chi connectivity index (χ2v) is 7.21. The topological polar surface area (TPSA) is 27.1 Å². The molecule has 3 nitrogen and oxygen atoms in total. The number of halogens is 1. The Morgan fingerprint density at radius 3 is 2.56 bits per heavy atom. The molecule has 0 bridgehead atoms. The molecule has 0 radical (unpaired) electrons. The standard InChI is InChI=1S/C21H25ClN2O/c1-16(2)15-21-23-19-7-3-4-8-20(19)24(21)13-5-6-14-25-18-11-9-17(22)10-12-18/h3-4,7-12,16H,5-6,13-15H2,1-2H3. The van der Waals surface area contributed by atoms with Crippen molar-refractivity contribution in [1.29, 1.82) is 0 Å². The van der Waals surface area contributed by atoms with Crippen molar-refractivity contribution in [2.24, 2.45) is 5.92 Å². The molecule has 0 aliphatic heterocycles. The molecule has 0 aliphatic rings. The molecular formula is C21H25ClN2O. The van der Waals surface area contributed by atoms with Crippen LogP contribution in [-0.2, 0) is 13.0 Å². The van der Waals surface area contributed by atoms with E-state index in [4.69, 9.17) is 21.3 Å². The van der Waals surface area contributed by atoms with Crippen molar-refractivity contribution in [2.75, 3.05) is 6.61 Å². The lowest BCUT2D eigenvalue weighted by Gasteiger charge is -2.11. The number of nitrogens with zero attached hydrogens (tertiary/aromatic N) is 2. The number of unbranched alkanes of at least 4 members (excludes halogenated alkanes) is 1. The molecule has 2 aromatic carbocycles. The Morgan fingerprint density at radius 1 is 1.04 bits per heavy atom. The summed E-state index contributed by atoms with van der Waals surface area (Å²) in [4.78, 5) is 4.83. The van der Waals surface area contributed by atoms with Crippen LogP contribution in [0.1, 0.15) is 32.5 Å². The average molecular weight is 357 g/mol. The lowest BCUT2D eigenvalue weighted by molar-refractivity contribution is 0.303. The zero-order valence-corrected chi connectivity index (χ0v) is 15.7. The van der Waals surface area contributed by atoms with Crippen molar-refractivity contribution in [3.05, 3.63) is 59.4 Å². The highest BCUT2D eigenvalue weighted by molar-refractivity contribution is 6.30. The van der Waals surface area contributed by atoms with E-state index in [9.17, 15) is 0 Å². The lowest BCUT2D eigenvalue weighted by Crippen LogP contribution is -2.08. The highest BCUT2D eigenvalue weighted by Gasteiger charge is 2.11. The molecule has 0 unspecified atom stereocenters. The van der Waals surface area contributed by atoms with Crippen molar-refractivity contribution >= 4 is 22.6 Å². The van der Waals surface area contributed by atoms with Gasteiger partial charge in [-0.2, -0.15) is 0 Å². The van der Waals surface area contributed by atoms with E-state index in [0.717, 1.165) is 42.1 Å². The van der Waals surface area contributed by atoms with Gasteiger partial charge in [0.2, 0.25) is 0 Å². The van der Waals surface area contributed by atoms with Crippen molar-refractivity contribution in [3.8, 4) is 5.75 Å². The van der Waals surface area contributed by atoms with Gasteiger partial charge >= 0.3 is 0 Å². The van der Waals surface area contributed by atoms with Gasteiger partial charge in [-0.05, 0) is 55.2 Å². The van der Waals surface area contributed by atoms with Gasteiger partial charge in [-0.1, -0.05) is 37.6 Å². The fourth-order valence-corrected chi connectivity index (χ4v) is 3.11. The Balaban J connectivity index is 1.57. The van der Waals surface area contributed by atoms with Crippen LogP contribution in [0, 0.1) is 5.92 Å². The lowest BCUT2D eigenvalue weighted by atomic mass is 10.1. The molecule has 4 heteroatoms. The molecule has 3 aromatic rings. The van der Waals surface area contributed by atoms with Crippen LogP contribution < -0.4 is 4.74 Å². The molecule has 1 heterocycles. The number of rotatable bonds is 8. The molecule has 25 heavy (non-hydrogen) atoms. The maximum Gasteiger partial charge on any atom is 0.119 e. The summed E-state index contributed by atoms with van der Waals surface area (Å²) in [7, 11) is 0. The zero-order chi connectivity index (χ0) is 17.6. The van der Waals surface area contributed by atoms with E-state index in [-0.39, 0.29) is 0 Å². The Bertz CT molecular complexity index is 808. The molecule has 0 aliphatic carbocycles. The first-order valence-corrected chi connectivity index (χ1v) is 9.34. The number of aromatic nitrogens is 2. The first-order chi connectivity index (χ1) is 12.1. The maximum absolute atomic E-state index is 5.89. The van der Waals surface area contributed by atoms with E-state index in [1.54, 1.807) is 0 Å². The summed E-state index contributed by atoms with van der Waals surface area (Å²) < 4.78 is 8.15. The predicted octanol–water partition coefficient (Wildman–Crippen LogP) is 5.75. The number of hydrogen-bond donors (Lipinski definition) is 0. The SMILES string of the molecule is CC(C)Cc1nc2ccccc2n1CCCCOc1ccc(Cl)cc1. The highest BCUT2D eigenvalue weighted by atomic mass is 35.5. The quantitative estimate of drug-likeness (QED) is 0.480. The van der Waals surface area contributed by atoms with Crippen molar-refractivity contribution < 1.29 is 4.74 Å². The molecule has 0 N–H and O–H groups in total. The summed E-state index contributed by atoms with van der Waals surface area (Å²) in [5.74, 6) is 2.66. The van der Waals surface area contributed by atoms with Crippen LogP contribution >= 0.6 is 11.6 Å². The molecule has 0 saturated heterocycles. The molecule has 0 atom stereocenters. The highest BCUT2D eigenvalue weighted by Crippen LogP contribution is 2.20. The Labute approximate surface area is 154 Å². The van der Waals surface area contributed by atoms with Crippen LogP contribution in [0.2, 0.25) is 5.02 Å². The third-order valence-corrected chi connectivity index (χ3v) is 4.43. The first kappa shape index (κ1) is 17.8. The minimum Gasteiger partial charge on any atom is -0.494 e. The summed E-state index contributed by atoms with van der Waals surface area (Å²) in [6.45, 7) is 6.17. The van der Waals surface area contributed by atoms with Crippen LogP contribution in [0.15, 0.2) is 48.5 Å². The van der Waals surface area contributed by atoms with Gasteiger partial charge in [-0.3, -0.25) is 0 Å². The van der Waals surface area contributed by atoms with Crippen LogP contribution in [0.5, 0.6) is 5.75 Å². The zero-order valence-electron chi connectivity index (χ0n) is 14.9. The number of ether oxygens (including phenoxy) is 1. The summed E-state index contributed by atoms with van der Waals surface area (Å²) in [6.07, 6.45) is 3.09. The van der Waals surface area contributed by atoms with Crippen LogP contribution in [-0.4, -0.2) is 16.2 Å². The van der Waals surface area contributed by atoms with Crippen LogP contribution in [0.3, 0.4) is 0 Å². The number of para-hydroxylation sites is 2. The van der Waals surface area contributed by atoms with E-state index in [2.05, 4.69) is 42.7 Å². The van der Waals surface area contributed by atoms with E-state index >= 15 is 0 Å². The molecule has 3 rings (SSSR count). The first-order valence-electron chi connectivity index (χ1n) is 8.96. The van der Waals surface area contributed by atoms with Gasteiger partial charge in [0.05, 0.1) is 17.6 Å². The average Bonchev–Trinajstić information content (AvgIpc) is 2.93. The number of hydrogen-bond acceptors (Lipinski definition) is 2. The van der Waals surface area contributed by atoms with Crippen molar-refractivity contribution in [2.45, 2.75) is 39.7 Å². The normalized spacial score (nSPS) is 11.4. The van der Waals surface area contributed by atoms with Crippen molar-refractivity contribution in [1.82, 2.24) is 9.55 Å². The fraction of sp³-hybridized carbons (Fsp3) is 0.381. The second-order valence-electron chi connectivity index (χ2n) is 6.78. The third kappa shape index (κ3) is 4.76. The van der Waals surface area contributed by atoms with Gasteiger partial charge < -0.3 is 9.30 Å². The molecule has 0 amide bonds. The molecular weight excluding hydrogens is 332 g/mol. The van der Waals surface area contributed by atoms with E-state index in [0.29, 0.717) is 12.5 Å². The summed E-state index contributed by atoms with van der Waals surface area (Å²) >= 11 is 5.89. The molecule has 1 aromatic heterocycles. The number of aryl methyl sites for hydroxylation is 1. The summed E-state index contributed by atoms with van der Waals surface area (Å²) in [5, 5.41) is 0.733. The number of imidazole rings is 1. The van der Waals surface area contributed by atoms with Gasteiger partial charge in [0.15, 0.2) is 0 Å². The Kier molecular flexibility index (Phi) is 5.98. The van der Waals surface area contributed by atoms with Gasteiger partial charge in [0.25, 0.3) is 0 Å². The summed E-state index contributed by atoms with van der Waals surface area (Å²) in [6, 6.07) is 15.9. The monoisotopic (exact) mass is 356 g/mol. The molecule has 132 valence electrons. The minimum absolute atomic E-state index is 0.601. The van der Waals surface area contributed by atoms with Gasteiger partial charge in [0, 0.05) is 18.0 Å². The third-order valence-electron chi connectivity index (χ3n) is 4.18. The Morgan fingerprint density at radius 2 is 1.80 bits per heavy atom.